The summed E-state index contributed by atoms with van der Waals surface area (Å²) in [6, 6.07) is 8.55. The number of nitrogens with zero attached hydrogens (tertiary/aromatic N) is 3. The van der Waals surface area contributed by atoms with Gasteiger partial charge in [0.1, 0.15) is 11.6 Å². The summed E-state index contributed by atoms with van der Waals surface area (Å²) in [5, 5.41) is 3.09. The van der Waals surface area contributed by atoms with E-state index in [0.717, 1.165) is 56.2 Å². The Bertz CT molecular complexity index is 774. The van der Waals surface area contributed by atoms with Gasteiger partial charge in [-0.25, -0.2) is 4.98 Å². The lowest BCUT2D eigenvalue weighted by Crippen LogP contribution is -2.34. The van der Waals surface area contributed by atoms with Crippen molar-refractivity contribution in [1.29, 1.82) is 0 Å². The van der Waals surface area contributed by atoms with Crippen molar-refractivity contribution in [1.82, 2.24) is 19.8 Å². The molecule has 0 unspecified atom stereocenters. The molecule has 0 atom stereocenters. The van der Waals surface area contributed by atoms with E-state index in [-0.39, 0.29) is 5.91 Å². The Morgan fingerprint density at radius 3 is 2.61 bits per heavy atom. The van der Waals surface area contributed by atoms with E-state index in [1.54, 1.807) is 7.11 Å². The Morgan fingerprint density at radius 2 is 1.93 bits per heavy atom. The van der Waals surface area contributed by atoms with Gasteiger partial charge in [-0.2, -0.15) is 0 Å². The van der Waals surface area contributed by atoms with Crippen LogP contribution in [0.5, 0.6) is 5.75 Å². The molecule has 1 saturated carbocycles. The lowest BCUT2D eigenvalue weighted by molar-refractivity contribution is -0.121. The molecule has 2 aromatic rings. The standard InChI is InChI=1S/C22H30N4O2/c1-28-20-7-5-19(6-8-20)26-15-12-23-21(26)16-25-13-10-17(11-14-25)2-9-22(27)24-18-3-4-18/h5-8,12,15,17-18H,2-4,9-11,13-14,16H2,1H3,(H,24,27). The second-order valence-electron chi connectivity index (χ2n) is 8.01. The molecule has 1 aromatic heterocycles. The third-order valence-corrected chi connectivity index (χ3v) is 5.86. The third kappa shape index (κ3) is 4.93. The number of hydrogen-bond acceptors (Lipinski definition) is 4. The molecule has 1 N–H and O–H groups in total. The van der Waals surface area contributed by atoms with Crippen LogP contribution >= 0.6 is 0 Å². The molecule has 1 saturated heterocycles. The van der Waals surface area contributed by atoms with Gasteiger partial charge in [-0.1, -0.05) is 0 Å². The summed E-state index contributed by atoms with van der Waals surface area (Å²) in [7, 11) is 1.68. The quantitative estimate of drug-likeness (QED) is 0.762. The molecule has 2 heterocycles. The number of likely N-dealkylation sites (tertiary alicyclic amines) is 1. The van der Waals surface area contributed by atoms with Crippen molar-refractivity contribution in [2.75, 3.05) is 20.2 Å². The Labute approximate surface area is 166 Å². The van der Waals surface area contributed by atoms with Crippen LogP contribution in [0.4, 0.5) is 0 Å². The first kappa shape index (κ1) is 19.0. The first-order chi connectivity index (χ1) is 13.7. The maximum absolute atomic E-state index is 11.9. The fraction of sp³-hybridized carbons (Fsp3) is 0.545. The van der Waals surface area contributed by atoms with Crippen LogP contribution in [0.15, 0.2) is 36.7 Å². The van der Waals surface area contributed by atoms with Crippen LogP contribution < -0.4 is 10.1 Å². The van der Waals surface area contributed by atoms with Crippen molar-refractivity contribution < 1.29 is 9.53 Å². The van der Waals surface area contributed by atoms with E-state index < -0.39 is 0 Å². The van der Waals surface area contributed by atoms with Crippen molar-refractivity contribution in [3.63, 3.8) is 0 Å². The number of nitrogens with one attached hydrogen (secondary N) is 1. The highest BCUT2D eigenvalue weighted by molar-refractivity contribution is 5.76. The van der Waals surface area contributed by atoms with Crippen molar-refractivity contribution in [2.45, 2.75) is 51.1 Å². The molecule has 4 rings (SSSR count). The van der Waals surface area contributed by atoms with Gasteiger partial charge in [-0.05, 0) is 75.4 Å². The lowest BCUT2D eigenvalue weighted by atomic mass is 9.92. The molecule has 2 aliphatic rings. The molecule has 1 amide bonds. The zero-order chi connectivity index (χ0) is 19.3. The maximum atomic E-state index is 11.9. The van der Waals surface area contributed by atoms with Crippen molar-refractivity contribution in [3.8, 4) is 11.4 Å². The van der Waals surface area contributed by atoms with Gasteiger partial charge in [0.25, 0.3) is 0 Å². The zero-order valence-electron chi connectivity index (χ0n) is 16.6. The molecule has 2 fully saturated rings. The molecular weight excluding hydrogens is 352 g/mol. The topological polar surface area (TPSA) is 59.4 Å². The normalized spacial score (nSPS) is 18.2. The number of ether oxygens (including phenoxy) is 1. The number of hydrogen-bond donors (Lipinski definition) is 1. The van der Waals surface area contributed by atoms with Crippen LogP contribution in [0.1, 0.15) is 44.3 Å². The number of methoxy groups -OCH3 is 1. The number of aromatic nitrogens is 2. The average Bonchev–Trinajstić information content (AvgIpc) is 3.42. The van der Waals surface area contributed by atoms with E-state index in [1.165, 1.54) is 12.8 Å². The minimum Gasteiger partial charge on any atom is -0.497 e. The molecule has 0 bridgehead atoms. The van der Waals surface area contributed by atoms with E-state index in [4.69, 9.17) is 4.74 Å². The van der Waals surface area contributed by atoms with Gasteiger partial charge in [-0.3, -0.25) is 9.69 Å². The minimum atomic E-state index is 0.242. The van der Waals surface area contributed by atoms with Gasteiger partial charge < -0.3 is 14.6 Å². The van der Waals surface area contributed by atoms with Gasteiger partial charge in [0, 0.05) is 30.5 Å². The number of piperidine rings is 1. The van der Waals surface area contributed by atoms with Crippen LogP contribution in [-0.4, -0.2) is 46.6 Å². The number of carbonyl (C=O) groups excluding carboxylic acids is 1. The molecule has 28 heavy (non-hydrogen) atoms. The maximum Gasteiger partial charge on any atom is 0.220 e. The predicted octanol–water partition coefficient (Wildman–Crippen LogP) is 3.15. The van der Waals surface area contributed by atoms with Gasteiger partial charge in [0.2, 0.25) is 5.91 Å². The Kier molecular flexibility index (Phi) is 5.95. The van der Waals surface area contributed by atoms with Crippen LogP contribution in [0.25, 0.3) is 5.69 Å². The summed E-state index contributed by atoms with van der Waals surface area (Å²) >= 11 is 0. The molecule has 1 aliphatic carbocycles. The molecule has 6 heteroatoms. The fourth-order valence-corrected chi connectivity index (χ4v) is 3.93. The van der Waals surface area contributed by atoms with Gasteiger partial charge >= 0.3 is 0 Å². The summed E-state index contributed by atoms with van der Waals surface area (Å²) < 4.78 is 7.39. The molecule has 0 radical (unpaired) electrons. The summed E-state index contributed by atoms with van der Waals surface area (Å²) in [4.78, 5) is 18.9. The van der Waals surface area contributed by atoms with Crippen molar-refractivity contribution >= 4 is 5.91 Å². The molecular formula is C22H30N4O2. The predicted molar refractivity (Wildman–Crippen MR) is 109 cm³/mol. The van der Waals surface area contributed by atoms with E-state index in [0.29, 0.717) is 18.4 Å². The smallest absolute Gasteiger partial charge is 0.220 e. The van der Waals surface area contributed by atoms with E-state index in [2.05, 4.69) is 31.9 Å². The summed E-state index contributed by atoms with van der Waals surface area (Å²) in [6.45, 7) is 3.00. The van der Waals surface area contributed by atoms with E-state index in [1.807, 2.05) is 24.5 Å². The second-order valence-corrected chi connectivity index (χ2v) is 8.01. The first-order valence-corrected chi connectivity index (χ1v) is 10.4. The first-order valence-electron chi connectivity index (χ1n) is 10.4. The number of amides is 1. The minimum absolute atomic E-state index is 0.242. The molecule has 150 valence electrons. The van der Waals surface area contributed by atoms with Crippen LogP contribution in [0.3, 0.4) is 0 Å². The molecule has 0 spiro atoms. The summed E-state index contributed by atoms with van der Waals surface area (Å²) in [5.41, 5.74) is 1.10. The van der Waals surface area contributed by atoms with Gasteiger partial charge in [-0.15, -0.1) is 0 Å². The number of benzene rings is 1. The van der Waals surface area contributed by atoms with Crippen molar-refractivity contribution in [3.05, 3.63) is 42.5 Å². The average molecular weight is 383 g/mol. The van der Waals surface area contributed by atoms with Crippen molar-refractivity contribution in [2.24, 2.45) is 5.92 Å². The highest BCUT2D eigenvalue weighted by Gasteiger charge is 2.25. The third-order valence-electron chi connectivity index (χ3n) is 5.86. The Hall–Kier alpha value is -2.34. The van der Waals surface area contributed by atoms with E-state index >= 15 is 0 Å². The summed E-state index contributed by atoms with van der Waals surface area (Å²) in [6.07, 6.45) is 10.2. The highest BCUT2D eigenvalue weighted by Crippen LogP contribution is 2.24. The lowest BCUT2D eigenvalue weighted by Gasteiger charge is -2.31. The van der Waals surface area contributed by atoms with Crippen LogP contribution in [-0.2, 0) is 11.3 Å². The second kappa shape index (κ2) is 8.78. The Morgan fingerprint density at radius 1 is 1.18 bits per heavy atom. The molecule has 1 aliphatic heterocycles. The SMILES string of the molecule is COc1ccc(-n2ccnc2CN2CCC(CCC(=O)NC3CC3)CC2)cc1. The Balaban J connectivity index is 1.26. The van der Waals surface area contributed by atoms with Gasteiger partial charge in [0.05, 0.1) is 13.7 Å². The number of imidazole rings is 1. The van der Waals surface area contributed by atoms with Crippen LogP contribution in [0.2, 0.25) is 0 Å². The van der Waals surface area contributed by atoms with Crippen LogP contribution in [0, 0.1) is 5.92 Å². The summed E-state index contributed by atoms with van der Waals surface area (Å²) in [5.74, 6) is 2.83. The molecule has 1 aromatic carbocycles. The monoisotopic (exact) mass is 382 g/mol. The fourth-order valence-electron chi connectivity index (χ4n) is 3.93. The largest absolute Gasteiger partial charge is 0.497 e. The van der Waals surface area contributed by atoms with Gasteiger partial charge in [0.15, 0.2) is 0 Å². The number of carbonyl (C=O) groups is 1. The van der Waals surface area contributed by atoms with E-state index in [9.17, 15) is 4.79 Å². The highest BCUT2D eigenvalue weighted by atomic mass is 16.5. The zero-order valence-corrected chi connectivity index (χ0v) is 16.6. The number of rotatable bonds is 8. The molecule has 6 nitrogen and oxygen atoms in total.